The number of ether oxygens (including phenoxy) is 1. The molecule has 2 aliphatic carbocycles. The zero-order valence-electron chi connectivity index (χ0n) is 26.2. The van der Waals surface area contributed by atoms with Crippen LogP contribution in [-0.2, 0) is 0 Å². The van der Waals surface area contributed by atoms with E-state index in [0.29, 0.717) is 0 Å². The maximum absolute atomic E-state index is 7.00. The van der Waals surface area contributed by atoms with Gasteiger partial charge < -0.3 is 9.15 Å². The van der Waals surface area contributed by atoms with Crippen molar-refractivity contribution in [3.63, 3.8) is 0 Å². The van der Waals surface area contributed by atoms with E-state index in [4.69, 9.17) is 9.15 Å². The number of furan rings is 1. The van der Waals surface area contributed by atoms with Crippen LogP contribution in [0.4, 0.5) is 0 Å². The summed E-state index contributed by atoms with van der Waals surface area (Å²) in [7, 11) is 0. The van der Waals surface area contributed by atoms with Crippen molar-refractivity contribution in [2.75, 3.05) is 0 Å². The molecule has 48 heavy (non-hydrogen) atoms. The van der Waals surface area contributed by atoms with Gasteiger partial charge in [0.25, 0.3) is 0 Å². The van der Waals surface area contributed by atoms with E-state index >= 15 is 0 Å². The Balaban J connectivity index is 1.28. The first kappa shape index (κ1) is 26.2. The Bertz CT molecular complexity index is 2830. The third-order valence-corrected chi connectivity index (χ3v) is 10.9. The lowest BCUT2D eigenvalue weighted by Crippen LogP contribution is -2.36. The number of benzene rings is 7. The summed E-state index contributed by atoms with van der Waals surface area (Å²) in [6, 6.07) is 46.0. The molecule has 0 spiro atoms. The summed E-state index contributed by atoms with van der Waals surface area (Å²) in [4.78, 5) is 0. The lowest BCUT2D eigenvalue weighted by Gasteiger charge is -2.30. The van der Waals surface area contributed by atoms with Crippen LogP contribution < -0.4 is 15.2 Å². The molecule has 2 heteroatoms. The predicted molar refractivity (Wildman–Crippen MR) is 199 cm³/mol. The van der Waals surface area contributed by atoms with Crippen LogP contribution in [0.15, 0.2) is 132 Å². The second-order valence-corrected chi connectivity index (χ2v) is 13.3. The van der Waals surface area contributed by atoms with Gasteiger partial charge in [0, 0.05) is 27.5 Å². The molecule has 0 saturated heterocycles. The molecular weight excluding hydrogens is 585 g/mol. The second kappa shape index (κ2) is 9.82. The monoisotopic (exact) mass is 614 g/mol. The van der Waals surface area contributed by atoms with Crippen LogP contribution in [0, 0.1) is 0 Å². The van der Waals surface area contributed by atoms with E-state index in [-0.39, 0.29) is 12.0 Å². The SMILES string of the molecule is C1=C(c2c3c(c(-c4cccc5ccccc45)c4ccccc24)=CCCC=3)C2Oc3ccccc3C2c2ccc3c(oc4ccccc43)c21. The molecular formula is C46H30O2. The highest BCUT2D eigenvalue weighted by molar-refractivity contribution is 6.13. The summed E-state index contributed by atoms with van der Waals surface area (Å²) in [6.07, 6.45) is 9.23. The molecule has 0 fully saturated rings. The highest BCUT2D eigenvalue weighted by Gasteiger charge is 2.43. The lowest BCUT2D eigenvalue weighted by molar-refractivity contribution is 0.276. The zero-order chi connectivity index (χ0) is 31.3. The van der Waals surface area contributed by atoms with Crippen molar-refractivity contribution in [3.05, 3.63) is 160 Å². The first-order valence-electron chi connectivity index (χ1n) is 17.0. The fraction of sp³-hybridized carbons (Fsp3) is 0.0870. The molecule has 2 nitrogen and oxygen atoms in total. The summed E-state index contributed by atoms with van der Waals surface area (Å²) in [6.45, 7) is 0. The summed E-state index contributed by atoms with van der Waals surface area (Å²) in [5.41, 5.74) is 10.7. The number of hydrogen-bond donors (Lipinski definition) is 0. The number of fused-ring (bicyclic) bond motifs is 12. The normalized spacial score (nSPS) is 17.6. The smallest absolute Gasteiger partial charge is 0.142 e. The van der Waals surface area contributed by atoms with Gasteiger partial charge in [-0.1, -0.05) is 127 Å². The fourth-order valence-electron chi connectivity index (χ4n) is 8.89. The maximum Gasteiger partial charge on any atom is 0.142 e. The molecule has 11 rings (SSSR count). The third-order valence-electron chi connectivity index (χ3n) is 10.9. The maximum atomic E-state index is 7.00. The Labute approximate surface area is 277 Å². The minimum atomic E-state index is -0.150. The van der Waals surface area contributed by atoms with E-state index in [0.717, 1.165) is 46.1 Å². The first-order valence-corrected chi connectivity index (χ1v) is 17.0. The minimum absolute atomic E-state index is 0.0635. The highest BCUT2D eigenvalue weighted by atomic mass is 16.5. The van der Waals surface area contributed by atoms with E-state index in [1.165, 1.54) is 65.4 Å². The van der Waals surface area contributed by atoms with Gasteiger partial charge in [0.15, 0.2) is 0 Å². The average Bonchev–Trinajstić information content (AvgIpc) is 3.73. The van der Waals surface area contributed by atoms with Gasteiger partial charge >= 0.3 is 0 Å². The van der Waals surface area contributed by atoms with Gasteiger partial charge in [-0.25, -0.2) is 0 Å². The molecule has 2 atom stereocenters. The quantitative estimate of drug-likeness (QED) is 0.193. The Morgan fingerprint density at radius 1 is 0.521 bits per heavy atom. The molecule has 0 bridgehead atoms. The van der Waals surface area contributed by atoms with E-state index in [1.54, 1.807) is 0 Å². The summed E-state index contributed by atoms with van der Waals surface area (Å²) >= 11 is 0. The number of para-hydroxylation sites is 2. The van der Waals surface area contributed by atoms with Crippen LogP contribution in [0.5, 0.6) is 5.75 Å². The molecule has 0 radical (unpaired) electrons. The van der Waals surface area contributed by atoms with Crippen LogP contribution in [0.2, 0.25) is 0 Å². The largest absolute Gasteiger partial charge is 0.484 e. The second-order valence-electron chi connectivity index (χ2n) is 13.3. The van der Waals surface area contributed by atoms with E-state index in [2.05, 4.69) is 146 Å². The topological polar surface area (TPSA) is 22.4 Å². The minimum Gasteiger partial charge on any atom is -0.484 e. The van der Waals surface area contributed by atoms with E-state index < -0.39 is 0 Å². The van der Waals surface area contributed by atoms with E-state index in [1.807, 2.05) is 0 Å². The van der Waals surface area contributed by atoms with Gasteiger partial charge in [-0.05, 0) is 85.3 Å². The van der Waals surface area contributed by atoms with Crippen molar-refractivity contribution < 1.29 is 9.15 Å². The molecule has 7 aromatic carbocycles. The van der Waals surface area contributed by atoms with Gasteiger partial charge in [-0.2, -0.15) is 0 Å². The lowest BCUT2D eigenvalue weighted by atomic mass is 9.74. The van der Waals surface area contributed by atoms with Crippen LogP contribution >= 0.6 is 0 Å². The van der Waals surface area contributed by atoms with Crippen molar-refractivity contribution in [1.29, 1.82) is 0 Å². The van der Waals surface area contributed by atoms with Crippen molar-refractivity contribution in [2.24, 2.45) is 0 Å². The molecule has 226 valence electrons. The first-order chi connectivity index (χ1) is 23.8. The van der Waals surface area contributed by atoms with Crippen LogP contribution in [0.3, 0.4) is 0 Å². The third kappa shape index (κ3) is 3.52. The van der Waals surface area contributed by atoms with Crippen molar-refractivity contribution in [2.45, 2.75) is 24.9 Å². The molecule has 3 aliphatic rings. The Kier molecular flexibility index (Phi) is 5.37. The van der Waals surface area contributed by atoms with Gasteiger partial charge in [0.1, 0.15) is 23.0 Å². The molecule has 8 aromatic rings. The van der Waals surface area contributed by atoms with Crippen molar-refractivity contribution in [1.82, 2.24) is 0 Å². The van der Waals surface area contributed by atoms with Crippen LogP contribution in [0.25, 0.3) is 78.4 Å². The molecule has 2 heterocycles. The van der Waals surface area contributed by atoms with Gasteiger partial charge in [0.05, 0.1) is 5.92 Å². The zero-order valence-corrected chi connectivity index (χ0v) is 26.2. The summed E-state index contributed by atoms with van der Waals surface area (Å²) < 4.78 is 13.7. The van der Waals surface area contributed by atoms with Gasteiger partial charge in [0.2, 0.25) is 0 Å². The van der Waals surface area contributed by atoms with Crippen LogP contribution in [0.1, 0.15) is 41.0 Å². The fourth-order valence-corrected chi connectivity index (χ4v) is 8.89. The standard InChI is InChI=1S/C46H30O2/c1-2-14-28-27(12-1)13-11-21-30(28)42-31-16-3-5-18-33(31)43(34-19-6-4-17-32(34)42)39-26-38-35(44-37-20-8-10-23-41(37)48-46(39)44)24-25-36-29-15-7-9-22-40(29)47-45(36)38/h1-3,5,7-26,44,46H,4,6H2. The molecule has 0 N–H and O–H groups in total. The Morgan fingerprint density at radius 2 is 1.21 bits per heavy atom. The van der Waals surface area contributed by atoms with Gasteiger partial charge in [-0.3, -0.25) is 0 Å². The van der Waals surface area contributed by atoms with E-state index in [9.17, 15) is 0 Å². The van der Waals surface area contributed by atoms with Gasteiger partial charge in [-0.15, -0.1) is 0 Å². The summed E-state index contributed by atoms with van der Waals surface area (Å²) in [5, 5.41) is 10.0. The summed E-state index contributed by atoms with van der Waals surface area (Å²) in [5.74, 6) is 1.03. The van der Waals surface area contributed by atoms with Crippen LogP contribution in [-0.4, -0.2) is 6.10 Å². The predicted octanol–water partition coefficient (Wildman–Crippen LogP) is 10.4. The number of rotatable bonds is 2. The molecule has 0 amide bonds. The van der Waals surface area contributed by atoms with Crippen molar-refractivity contribution in [3.8, 4) is 16.9 Å². The molecule has 1 aliphatic heterocycles. The molecule has 0 saturated carbocycles. The average molecular weight is 615 g/mol. The molecule has 2 unspecified atom stereocenters. The Morgan fingerprint density at radius 3 is 2.08 bits per heavy atom. The highest BCUT2D eigenvalue weighted by Crippen LogP contribution is 2.53. The number of hydrogen-bond acceptors (Lipinski definition) is 2. The van der Waals surface area contributed by atoms with Crippen molar-refractivity contribution >= 4 is 67.3 Å². The molecule has 1 aromatic heterocycles. The Hall–Kier alpha value is -5.86.